The van der Waals surface area contributed by atoms with Crippen molar-refractivity contribution in [1.29, 1.82) is 0 Å². The molecule has 2 aromatic heterocycles. The molecular formula is C13H14N2O4S. The van der Waals surface area contributed by atoms with E-state index in [9.17, 15) is 14.4 Å². The Labute approximate surface area is 118 Å². The van der Waals surface area contributed by atoms with Crippen LogP contribution < -0.4 is 11.2 Å². The number of fused-ring (bicyclic) bond motifs is 1. The van der Waals surface area contributed by atoms with Crippen LogP contribution in [0.25, 0.3) is 10.2 Å². The fourth-order valence-electron chi connectivity index (χ4n) is 1.82. The highest BCUT2D eigenvalue weighted by molar-refractivity contribution is 7.20. The number of rotatable bonds is 3. The van der Waals surface area contributed by atoms with Crippen LogP contribution in [0.2, 0.25) is 0 Å². The summed E-state index contributed by atoms with van der Waals surface area (Å²) in [6.07, 6.45) is 1.78. The number of carboxylic acids is 1. The zero-order chi connectivity index (χ0) is 15.0. The number of hydrogen-bond acceptors (Lipinski definition) is 4. The number of nitrogens with zero attached hydrogens (tertiary/aromatic N) is 2. The lowest BCUT2D eigenvalue weighted by Crippen LogP contribution is -2.38. The molecule has 0 aromatic carbocycles. The molecule has 0 aliphatic heterocycles. The van der Waals surface area contributed by atoms with Crippen LogP contribution in [0.5, 0.6) is 0 Å². The van der Waals surface area contributed by atoms with Crippen molar-refractivity contribution in [3.63, 3.8) is 0 Å². The summed E-state index contributed by atoms with van der Waals surface area (Å²) in [5.41, 5.74) is 0.0960. The summed E-state index contributed by atoms with van der Waals surface area (Å²) in [5.74, 6) is -1.10. The van der Waals surface area contributed by atoms with Crippen LogP contribution >= 0.6 is 11.3 Å². The molecule has 0 bridgehead atoms. The largest absolute Gasteiger partial charge is 0.477 e. The molecule has 6 nitrogen and oxygen atoms in total. The number of aromatic carboxylic acids is 1. The van der Waals surface area contributed by atoms with Crippen molar-refractivity contribution in [2.45, 2.75) is 20.4 Å². The smallest absolute Gasteiger partial charge is 0.345 e. The molecule has 0 radical (unpaired) electrons. The van der Waals surface area contributed by atoms with Gasteiger partial charge in [0.1, 0.15) is 9.71 Å². The third-order valence-corrected chi connectivity index (χ3v) is 4.10. The van der Waals surface area contributed by atoms with Crippen molar-refractivity contribution in [3.05, 3.63) is 43.4 Å². The van der Waals surface area contributed by atoms with E-state index in [1.54, 1.807) is 6.08 Å². The minimum absolute atomic E-state index is 0.0482. The van der Waals surface area contributed by atoms with Gasteiger partial charge in [-0.05, 0) is 19.9 Å². The number of hydrogen-bond donors (Lipinski definition) is 1. The maximum absolute atomic E-state index is 12.3. The van der Waals surface area contributed by atoms with Crippen LogP contribution in [-0.2, 0) is 13.6 Å². The summed E-state index contributed by atoms with van der Waals surface area (Å²) >= 11 is 0.928. The first-order valence-corrected chi connectivity index (χ1v) is 6.74. The summed E-state index contributed by atoms with van der Waals surface area (Å²) in [6.45, 7) is 3.93. The molecular weight excluding hydrogens is 280 g/mol. The normalized spacial score (nSPS) is 10.8. The number of aromatic nitrogens is 2. The van der Waals surface area contributed by atoms with E-state index in [1.165, 1.54) is 17.7 Å². The highest BCUT2D eigenvalue weighted by Gasteiger charge is 2.16. The van der Waals surface area contributed by atoms with Gasteiger partial charge in [-0.3, -0.25) is 13.9 Å². The van der Waals surface area contributed by atoms with E-state index in [0.717, 1.165) is 21.5 Å². The highest BCUT2D eigenvalue weighted by atomic mass is 32.1. The Balaban J connectivity index is 2.79. The van der Waals surface area contributed by atoms with Crippen LogP contribution in [0.3, 0.4) is 0 Å². The Morgan fingerprint density at radius 3 is 2.60 bits per heavy atom. The maximum atomic E-state index is 12.3. The molecule has 0 saturated heterocycles. The lowest BCUT2D eigenvalue weighted by atomic mass is 10.3. The van der Waals surface area contributed by atoms with Gasteiger partial charge in [0.05, 0.1) is 5.39 Å². The highest BCUT2D eigenvalue weighted by Crippen LogP contribution is 2.21. The predicted octanol–water partition coefficient (Wildman–Crippen LogP) is 1.43. The van der Waals surface area contributed by atoms with Gasteiger partial charge in [-0.25, -0.2) is 9.59 Å². The van der Waals surface area contributed by atoms with Crippen molar-refractivity contribution < 1.29 is 9.90 Å². The molecule has 0 unspecified atom stereocenters. The zero-order valence-corrected chi connectivity index (χ0v) is 12.2. The summed E-state index contributed by atoms with van der Waals surface area (Å²) in [7, 11) is 1.53. The second-order valence-electron chi connectivity index (χ2n) is 4.67. The molecule has 0 aliphatic carbocycles. The first-order valence-electron chi connectivity index (χ1n) is 5.93. The molecule has 0 aliphatic rings. The van der Waals surface area contributed by atoms with Crippen LogP contribution in [0.15, 0.2) is 27.3 Å². The first-order chi connectivity index (χ1) is 9.32. The van der Waals surface area contributed by atoms with Gasteiger partial charge >= 0.3 is 11.7 Å². The fourth-order valence-corrected chi connectivity index (χ4v) is 2.77. The number of carbonyl (C=O) groups is 1. The SMILES string of the molecule is CC(C)=CCn1c(=O)c2cc(C(=O)O)sc2n(C)c1=O. The molecule has 2 aromatic rings. The third-order valence-electron chi connectivity index (χ3n) is 2.90. The van der Waals surface area contributed by atoms with Crippen LogP contribution in [0.1, 0.15) is 23.5 Å². The molecule has 0 saturated carbocycles. The average molecular weight is 294 g/mol. The van der Waals surface area contributed by atoms with E-state index < -0.39 is 17.2 Å². The molecule has 7 heteroatoms. The quantitative estimate of drug-likeness (QED) is 0.868. The Kier molecular flexibility index (Phi) is 3.63. The summed E-state index contributed by atoms with van der Waals surface area (Å²) in [5, 5.41) is 9.25. The standard InChI is InChI=1S/C13H14N2O4S/c1-7(2)4-5-15-10(16)8-6-9(12(17)18)20-11(8)14(3)13(15)19/h4,6H,5H2,1-3H3,(H,17,18). The zero-order valence-electron chi connectivity index (χ0n) is 11.3. The fraction of sp³-hybridized carbons (Fsp3) is 0.308. The second kappa shape index (κ2) is 5.09. The van der Waals surface area contributed by atoms with Gasteiger partial charge < -0.3 is 5.11 Å². The summed E-state index contributed by atoms with van der Waals surface area (Å²) in [6, 6.07) is 1.32. The first kappa shape index (κ1) is 14.3. The van der Waals surface area contributed by atoms with E-state index in [4.69, 9.17) is 5.11 Å². The minimum Gasteiger partial charge on any atom is -0.477 e. The third kappa shape index (κ3) is 2.32. The van der Waals surface area contributed by atoms with Crippen molar-refractivity contribution in [2.24, 2.45) is 7.05 Å². The molecule has 20 heavy (non-hydrogen) atoms. The van der Waals surface area contributed by atoms with Gasteiger partial charge in [0.25, 0.3) is 5.56 Å². The Hall–Kier alpha value is -2.15. The molecule has 0 spiro atoms. The van der Waals surface area contributed by atoms with E-state index in [-0.39, 0.29) is 16.8 Å². The molecule has 0 atom stereocenters. The Morgan fingerprint density at radius 1 is 1.40 bits per heavy atom. The van der Waals surface area contributed by atoms with Crippen LogP contribution in [0.4, 0.5) is 0 Å². The molecule has 2 heterocycles. The number of carboxylic acid groups (broad SMARTS) is 1. The minimum atomic E-state index is -1.10. The maximum Gasteiger partial charge on any atom is 0.345 e. The number of allylic oxidation sites excluding steroid dienone is 2. The van der Waals surface area contributed by atoms with E-state index in [2.05, 4.69) is 0 Å². The molecule has 1 N–H and O–H groups in total. The van der Waals surface area contributed by atoms with Gasteiger partial charge in [0.2, 0.25) is 0 Å². The predicted molar refractivity (Wildman–Crippen MR) is 77.7 cm³/mol. The Bertz CT molecular complexity index is 834. The van der Waals surface area contributed by atoms with E-state index >= 15 is 0 Å². The van der Waals surface area contributed by atoms with Crippen molar-refractivity contribution in [1.82, 2.24) is 9.13 Å². The van der Waals surface area contributed by atoms with Gasteiger partial charge in [-0.15, -0.1) is 11.3 Å². The number of thiophene rings is 1. The average Bonchev–Trinajstić information content (AvgIpc) is 2.81. The lowest BCUT2D eigenvalue weighted by Gasteiger charge is -2.06. The second-order valence-corrected chi connectivity index (χ2v) is 5.70. The monoisotopic (exact) mass is 294 g/mol. The van der Waals surface area contributed by atoms with Gasteiger partial charge in [-0.2, -0.15) is 0 Å². The molecule has 106 valence electrons. The lowest BCUT2D eigenvalue weighted by molar-refractivity contribution is 0.0702. The van der Waals surface area contributed by atoms with E-state index in [0.29, 0.717) is 4.83 Å². The van der Waals surface area contributed by atoms with Crippen molar-refractivity contribution in [3.8, 4) is 0 Å². The van der Waals surface area contributed by atoms with Crippen molar-refractivity contribution >= 4 is 27.5 Å². The summed E-state index contributed by atoms with van der Waals surface area (Å²) in [4.78, 5) is 35.8. The van der Waals surface area contributed by atoms with Gasteiger partial charge in [0, 0.05) is 13.6 Å². The molecule has 0 fully saturated rings. The molecule has 2 rings (SSSR count). The van der Waals surface area contributed by atoms with Gasteiger partial charge in [-0.1, -0.05) is 11.6 Å². The van der Waals surface area contributed by atoms with Crippen molar-refractivity contribution in [2.75, 3.05) is 0 Å². The molecule has 0 amide bonds. The Morgan fingerprint density at radius 2 is 2.05 bits per heavy atom. The topological polar surface area (TPSA) is 81.3 Å². The van der Waals surface area contributed by atoms with Crippen LogP contribution in [-0.4, -0.2) is 20.2 Å². The van der Waals surface area contributed by atoms with E-state index in [1.807, 2.05) is 13.8 Å². The summed E-state index contributed by atoms with van der Waals surface area (Å²) < 4.78 is 2.42. The van der Waals surface area contributed by atoms with Gasteiger partial charge in [0.15, 0.2) is 0 Å². The number of aryl methyl sites for hydroxylation is 1. The van der Waals surface area contributed by atoms with Crippen LogP contribution in [0, 0.1) is 0 Å².